The first kappa shape index (κ1) is 21.4. The highest BCUT2D eigenvalue weighted by atomic mass is 14.8. The van der Waals surface area contributed by atoms with Crippen molar-refractivity contribution < 1.29 is 0 Å². The minimum atomic E-state index is 0.704. The molecule has 6 nitrogen and oxygen atoms in total. The van der Waals surface area contributed by atoms with Crippen molar-refractivity contribution in [2.45, 2.75) is 0 Å². The monoisotopic (exact) mass is 464 g/mol. The highest BCUT2D eigenvalue weighted by molar-refractivity contribution is 6.02. The SMILES string of the molecule is c1ccc(-c2nc(-c3ccccn3)c(-c3ccccn3)c(-c3ccccn3)c2-c2ccccn2)nc1. The van der Waals surface area contributed by atoms with E-state index < -0.39 is 0 Å². The molecule has 6 aromatic heterocycles. The van der Waals surface area contributed by atoms with Crippen molar-refractivity contribution >= 4 is 0 Å². The molecule has 0 unspecified atom stereocenters. The Labute approximate surface area is 208 Å². The molecule has 0 fully saturated rings. The summed E-state index contributed by atoms with van der Waals surface area (Å²) in [6, 6.07) is 29.2. The molecule has 0 aliphatic carbocycles. The van der Waals surface area contributed by atoms with Gasteiger partial charge < -0.3 is 0 Å². The molecule has 170 valence electrons. The molecule has 0 spiro atoms. The van der Waals surface area contributed by atoms with E-state index in [0.29, 0.717) is 11.4 Å². The highest BCUT2D eigenvalue weighted by Gasteiger charge is 2.27. The van der Waals surface area contributed by atoms with Gasteiger partial charge in [-0.3, -0.25) is 24.9 Å². The predicted molar refractivity (Wildman–Crippen MR) is 140 cm³/mol. The first-order valence-corrected chi connectivity index (χ1v) is 11.5. The molecule has 0 aliphatic heterocycles. The van der Waals surface area contributed by atoms with Crippen LogP contribution in [0.25, 0.3) is 56.5 Å². The molecule has 6 aromatic rings. The molecule has 0 saturated carbocycles. The molecular weight excluding hydrogens is 444 g/mol. The van der Waals surface area contributed by atoms with Gasteiger partial charge in [0.15, 0.2) is 0 Å². The van der Waals surface area contributed by atoms with Gasteiger partial charge >= 0.3 is 0 Å². The number of pyridine rings is 6. The van der Waals surface area contributed by atoms with Gasteiger partial charge in [-0.2, -0.15) is 0 Å². The van der Waals surface area contributed by atoms with Crippen LogP contribution in [0.15, 0.2) is 122 Å². The van der Waals surface area contributed by atoms with Crippen LogP contribution < -0.4 is 0 Å². The van der Waals surface area contributed by atoms with Gasteiger partial charge in [-0.25, -0.2) is 4.98 Å². The molecule has 0 atom stereocenters. The maximum absolute atomic E-state index is 5.22. The van der Waals surface area contributed by atoms with E-state index in [2.05, 4.69) is 9.97 Å². The summed E-state index contributed by atoms with van der Waals surface area (Å²) in [7, 11) is 0. The van der Waals surface area contributed by atoms with Crippen molar-refractivity contribution in [3.8, 4) is 56.5 Å². The van der Waals surface area contributed by atoms with Crippen LogP contribution in [-0.2, 0) is 0 Å². The Balaban J connectivity index is 1.84. The molecule has 6 heterocycles. The van der Waals surface area contributed by atoms with Crippen LogP contribution in [0, 0.1) is 0 Å². The van der Waals surface area contributed by atoms with E-state index in [1.54, 1.807) is 31.0 Å². The normalized spacial score (nSPS) is 10.8. The van der Waals surface area contributed by atoms with Crippen LogP contribution in [0.4, 0.5) is 0 Å². The predicted octanol–water partition coefficient (Wildman–Crippen LogP) is 6.39. The number of rotatable bonds is 5. The maximum atomic E-state index is 5.22. The van der Waals surface area contributed by atoms with Gasteiger partial charge in [0.25, 0.3) is 0 Å². The zero-order valence-electron chi connectivity index (χ0n) is 19.2. The Hall–Kier alpha value is -5.10. The Morgan fingerprint density at radius 1 is 0.306 bits per heavy atom. The molecule has 0 amide bonds. The van der Waals surface area contributed by atoms with E-state index in [1.165, 1.54) is 0 Å². The maximum Gasteiger partial charge on any atom is 0.0995 e. The van der Waals surface area contributed by atoms with Crippen LogP contribution in [0.3, 0.4) is 0 Å². The lowest BCUT2D eigenvalue weighted by atomic mass is 9.89. The minimum Gasteiger partial charge on any atom is -0.256 e. The first-order chi connectivity index (χ1) is 17.9. The van der Waals surface area contributed by atoms with Crippen molar-refractivity contribution in [3.05, 3.63) is 122 Å². The van der Waals surface area contributed by atoms with Gasteiger partial charge in [0.1, 0.15) is 0 Å². The molecular formula is C30H20N6. The Kier molecular flexibility index (Phi) is 5.74. The van der Waals surface area contributed by atoms with Crippen molar-refractivity contribution in [1.82, 2.24) is 29.9 Å². The Bertz CT molecular complexity index is 1490. The third-order valence-electron chi connectivity index (χ3n) is 5.78. The van der Waals surface area contributed by atoms with Crippen molar-refractivity contribution in [1.29, 1.82) is 0 Å². The summed E-state index contributed by atoms with van der Waals surface area (Å²) in [6.45, 7) is 0. The van der Waals surface area contributed by atoms with Gasteiger partial charge in [-0.05, 0) is 60.7 Å². The lowest BCUT2D eigenvalue weighted by Gasteiger charge is -2.21. The summed E-state index contributed by atoms with van der Waals surface area (Å²) < 4.78 is 0. The second kappa shape index (κ2) is 9.64. The number of nitrogens with zero attached hydrogens (tertiary/aromatic N) is 6. The highest BCUT2D eigenvalue weighted by Crippen LogP contribution is 2.46. The van der Waals surface area contributed by atoms with E-state index in [1.807, 2.05) is 91.0 Å². The van der Waals surface area contributed by atoms with Gasteiger partial charge in [-0.15, -0.1) is 0 Å². The molecule has 0 aromatic carbocycles. The van der Waals surface area contributed by atoms with E-state index in [-0.39, 0.29) is 0 Å². The third kappa shape index (κ3) is 4.01. The molecule has 0 N–H and O–H groups in total. The van der Waals surface area contributed by atoms with Crippen LogP contribution >= 0.6 is 0 Å². The van der Waals surface area contributed by atoms with Crippen LogP contribution in [0.5, 0.6) is 0 Å². The average molecular weight is 465 g/mol. The van der Waals surface area contributed by atoms with Crippen molar-refractivity contribution in [2.24, 2.45) is 0 Å². The Morgan fingerprint density at radius 2 is 0.611 bits per heavy atom. The lowest BCUT2D eigenvalue weighted by Crippen LogP contribution is -2.04. The summed E-state index contributed by atoms with van der Waals surface area (Å²) in [5, 5.41) is 0. The number of hydrogen-bond acceptors (Lipinski definition) is 6. The molecule has 0 radical (unpaired) electrons. The van der Waals surface area contributed by atoms with E-state index >= 15 is 0 Å². The van der Waals surface area contributed by atoms with Crippen LogP contribution in [0.2, 0.25) is 0 Å². The zero-order chi connectivity index (χ0) is 24.2. The van der Waals surface area contributed by atoms with Crippen LogP contribution in [-0.4, -0.2) is 29.9 Å². The molecule has 0 saturated heterocycles. The fourth-order valence-electron chi connectivity index (χ4n) is 4.25. The van der Waals surface area contributed by atoms with Crippen molar-refractivity contribution in [3.63, 3.8) is 0 Å². The van der Waals surface area contributed by atoms with Gasteiger partial charge in [0.05, 0.1) is 39.9 Å². The quantitative estimate of drug-likeness (QED) is 0.294. The van der Waals surface area contributed by atoms with Gasteiger partial charge in [0.2, 0.25) is 0 Å². The third-order valence-corrected chi connectivity index (χ3v) is 5.78. The smallest absolute Gasteiger partial charge is 0.0995 e. The fraction of sp³-hybridized carbons (Fsp3) is 0. The molecule has 0 aliphatic rings. The molecule has 0 bridgehead atoms. The Morgan fingerprint density at radius 3 is 0.917 bits per heavy atom. The van der Waals surface area contributed by atoms with Gasteiger partial charge in [0, 0.05) is 47.7 Å². The molecule has 6 heteroatoms. The largest absolute Gasteiger partial charge is 0.256 e. The minimum absolute atomic E-state index is 0.704. The summed E-state index contributed by atoms with van der Waals surface area (Å²) in [5.74, 6) is 0. The standard InChI is InChI=1S/C30H20N6/c1-6-16-31-21(11-1)26-27(22-12-2-7-17-32-22)29(24-14-4-9-19-34-24)36-30(25-15-5-10-20-35-25)28(26)23-13-3-8-18-33-23/h1-20H. The second-order valence-corrected chi connectivity index (χ2v) is 8.01. The van der Waals surface area contributed by atoms with Crippen molar-refractivity contribution in [2.75, 3.05) is 0 Å². The van der Waals surface area contributed by atoms with E-state index in [4.69, 9.17) is 19.9 Å². The number of hydrogen-bond donors (Lipinski definition) is 0. The number of aromatic nitrogens is 6. The van der Waals surface area contributed by atoms with Crippen LogP contribution in [0.1, 0.15) is 0 Å². The van der Waals surface area contributed by atoms with E-state index in [0.717, 1.165) is 45.2 Å². The molecule has 6 rings (SSSR count). The van der Waals surface area contributed by atoms with E-state index in [9.17, 15) is 0 Å². The summed E-state index contributed by atoms with van der Waals surface area (Å²) in [5.41, 5.74) is 7.78. The average Bonchev–Trinajstić information content (AvgIpc) is 2.98. The van der Waals surface area contributed by atoms with Gasteiger partial charge in [-0.1, -0.05) is 30.3 Å². The molecule has 36 heavy (non-hydrogen) atoms. The lowest BCUT2D eigenvalue weighted by molar-refractivity contribution is 1.19. The fourth-order valence-corrected chi connectivity index (χ4v) is 4.25. The first-order valence-electron chi connectivity index (χ1n) is 11.5. The summed E-state index contributed by atoms with van der Waals surface area (Å²) >= 11 is 0. The zero-order valence-corrected chi connectivity index (χ0v) is 19.2. The summed E-state index contributed by atoms with van der Waals surface area (Å²) in [4.78, 5) is 28.8. The summed E-state index contributed by atoms with van der Waals surface area (Å²) in [6.07, 6.45) is 8.90. The topological polar surface area (TPSA) is 77.3 Å². The second-order valence-electron chi connectivity index (χ2n) is 8.01.